The Hall–Kier alpha value is -2.08. The SMILES string of the molecule is CC(CS(C)(=O)=O)NC(=O)c1cc2ccccc2cc1N. The molecule has 0 aromatic heterocycles. The van der Waals surface area contributed by atoms with Crippen LogP contribution < -0.4 is 11.1 Å². The number of benzene rings is 2. The molecule has 0 fully saturated rings. The normalized spacial score (nSPS) is 13.0. The summed E-state index contributed by atoms with van der Waals surface area (Å²) in [6.45, 7) is 1.65. The summed E-state index contributed by atoms with van der Waals surface area (Å²) in [6.07, 6.45) is 1.14. The maximum atomic E-state index is 12.2. The first-order chi connectivity index (χ1) is 9.76. The van der Waals surface area contributed by atoms with Crippen LogP contribution in [0.25, 0.3) is 10.8 Å². The van der Waals surface area contributed by atoms with E-state index in [1.54, 1.807) is 19.1 Å². The molecule has 2 aromatic rings. The number of carbonyl (C=O) groups is 1. The van der Waals surface area contributed by atoms with Crippen molar-refractivity contribution in [1.82, 2.24) is 5.32 Å². The van der Waals surface area contributed by atoms with Crippen molar-refractivity contribution in [2.45, 2.75) is 13.0 Å². The second-order valence-corrected chi connectivity index (χ2v) is 7.44. The third-order valence-electron chi connectivity index (χ3n) is 3.09. The van der Waals surface area contributed by atoms with Gasteiger partial charge in [-0.25, -0.2) is 8.42 Å². The van der Waals surface area contributed by atoms with Crippen LogP contribution in [0.3, 0.4) is 0 Å². The molecule has 3 N–H and O–H groups in total. The maximum Gasteiger partial charge on any atom is 0.253 e. The highest BCUT2D eigenvalue weighted by atomic mass is 32.2. The second kappa shape index (κ2) is 5.73. The molecule has 0 aliphatic heterocycles. The molecular formula is C15H18N2O3S. The largest absolute Gasteiger partial charge is 0.398 e. The number of fused-ring (bicyclic) bond motifs is 1. The van der Waals surface area contributed by atoms with Crippen LogP contribution in [-0.4, -0.2) is 32.4 Å². The molecular weight excluding hydrogens is 288 g/mol. The van der Waals surface area contributed by atoms with E-state index in [0.717, 1.165) is 17.0 Å². The predicted molar refractivity (Wildman–Crippen MR) is 85.0 cm³/mol. The number of sulfone groups is 1. The molecule has 1 amide bonds. The summed E-state index contributed by atoms with van der Waals surface area (Å²) in [6, 6.07) is 10.6. The summed E-state index contributed by atoms with van der Waals surface area (Å²) >= 11 is 0. The molecule has 2 rings (SSSR count). The lowest BCUT2D eigenvalue weighted by molar-refractivity contribution is 0.0944. The highest BCUT2D eigenvalue weighted by Gasteiger charge is 2.16. The molecule has 0 spiro atoms. The Morgan fingerprint density at radius 2 is 1.81 bits per heavy atom. The first kappa shape index (κ1) is 15.3. The Labute approximate surface area is 124 Å². The van der Waals surface area contributed by atoms with Crippen LogP contribution in [-0.2, 0) is 9.84 Å². The number of anilines is 1. The van der Waals surface area contributed by atoms with Gasteiger partial charge in [0, 0.05) is 18.0 Å². The average Bonchev–Trinajstić information content (AvgIpc) is 2.35. The summed E-state index contributed by atoms with van der Waals surface area (Å²) in [5.74, 6) is -0.471. The van der Waals surface area contributed by atoms with Crippen molar-refractivity contribution >= 4 is 32.2 Å². The number of rotatable bonds is 4. The van der Waals surface area contributed by atoms with Gasteiger partial charge in [-0.1, -0.05) is 24.3 Å². The highest BCUT2D eigenvalue weighted by molar-refractivity contribution is 7.90. The van der Waals surface area contributed by atoms with Crippen LogP contribution in [0.1, 0.15) is 17.3 Å². The van der Waals surface area contributed by atoms with Crippen LogP contribution >= 0.6 is 0 Å². The Morgan fingerprint density at radius 3 is 2.38 bits per heavy atom. The van der Waals surface area contributed by atoms with Crippen LogP contribution in [0.15, 0.2) is 36.4 Å². The van der Waals surface area contributed by atoms with Crippen LogP contribution in [0.4, 0.5) is 5.69 Å². The van der Waals surface area contributed by atoms with Gasteiger partial charge < -0.3 is 11.1 Å². The minimum absolute atomic E-state index is 0.105. The molecule has 5 nitrogen and oxygen atoms in total. The number of nitrogen functional groups attached to an aromatic ring is 1. The fourth-order valence-electron chi connectivity index (χ4n) is 2.25. The minimum Gasteiger partial charge on any atom is -0.398 e. The van der Waals surface area contributed by atoms with E-state index in [-0.39, 0.29) is 11.7 Å². The monoisotopic (exact) mass is 306 g/mol. The predicted octanol–water partition coefficient (Wildman–Crippen LogP) is 1.58. The smallest absolute Gasteiger partial charge is 0.253 e. The van der Waals surface area contributed by atoms with E-state index < -0.39 is 15.9 Å². The van der Waals surface area contributed by atoms with E-state index in [2.05, 4.69) is 5.32 Å². The Bertz CT molecular complexity index is 785. The fraction of sp³-hybridized carbons (Fsp3) is 0.267. The zero-order valence-corrected chi connectivity index (χ0v) is 12.8. The van der Waals surface area contributed by atoms with Crippen LogP contribution in [0.5, 0.6) is 0 Å². The molecule has 1 unspecified atom stereocenters. The first-order valence-corrected chi connectivity index (χ1v) is 8.59. The number of hydrogen-bond acceptors (Lipinski definition) is 4. The van der Waals surface area contributed by atoms with E-state index in [1.807, 2.05) is 24.3 Å². The van der Waals surface area contributed by atoms with Gasteiger partial charge in [-0.2, -0.15) is 0 Å². The Kier molecular flexibility index (Phi) is 4.18. The van der Waals surface area contributed by atoms with Gasteiger partial charge in [-0.3, -0.25) is 4.79 Å². The lowest BCUT2D eigenvalue weighted by Gasteiger charge is -2.14. The molecule has 112 valence electrons. The lowest BCUT2D eigenvalue weighted by Crippen LogP contribution is -2.37. The Morgan fingerprint density at radius 1 is 1.24 bits per heavy atom. The van der Waals surface area contributed by atoms with Crippen molar-refractivity contribution < 1.29 is 13.2 Å². The van der Waals surface area contributed by atoms with E-state index in [9.17, 15) is 13.2 Å². The fourth-order valence-corrected chi connectivity index (χ4v) is 3.24. The average molecular weight is 306 g/mol. The molecule has 0 aliphatic carbocycles. The number of nitrogens with one attached hydrogen (secondary N) is 1. The molecule has 6 heteroatoms. The molecule has 0 saturated heterocycles. The Balaban J connectivity index is 2.25. The summed E-state index contributed by atoms with van der Waals surface area (Å²) < 4.78 is 22.5. The van der Waals surface area contributed by atoms with Gasteiger partial charge in [0.05, 0.1) is 11.3 Å². The van der Waals surface area contributed by atoms with Gasteiger partial charge in [-0.05, 0) is 29.8 Å². The van der Waals surface area contributed by atoms with Crippen molar-refractivity contribution in [1.29, 1.82) is 0 Å². The zero-order chi connectivity index (χ0) is 15.6. The first-order valence-electron chi connectivity index (χ1n) is 6.53. The van der Waals surface area contributed by atoms with Crippen LogP contribution in [0.2, 0.25) is 0 Å². The molecule has 0 saturated carbocycles. The molecule has 0 radical (unpaired) electrons. The van der Waals surface area contributed by atoms with Crippen molar-refractivity contribution in [3.05, 3.63) is 42.0 Å². The number of nitrogens with two attached hydrogens (primary N) is 1. The van der Waals surface area contributed by atoms with E-state index >= 15 is 0 Å². The molecule has 0 aliphatic rings. The number of hydrogen-bond donors (Lipinski definition) is 2. The molecule has 21 heavy (non-hydrogen) atoms. The topological polar surface area (TPSA) is 89.3 Å². The lowest BCUT2D eigenvalue weighted by atomic mass is 10.0. The zero-order valence-electron chi connectivity index (χ0n) is 12.0. The number of amides is 1. The van der Waals surface area contributed by atoms with Gasteiger partial charge in [0.25, 0.3) is 5.91 Å². The summed E-state index contributed by atoms with van der Waals surface area (Å²) in [7, 11) is -3.14. The quantitative estimate of drug-likeness (QED) is 0.839. The van der Waals surface area contributed by atoms with Gasteiger partial charge in [0.1, 0.15) is 9.84 Å². The minimum atomic E-state index is -3.14. The van der Waals surface area contributed by atoms with Gasteiger partial charge in [0.2, 0.25) is 0 Å². The van der Waals surface area contributed by atoms with Gasteiger partial charge in [0.15, 0.2) is 0 Å². The highest BCUT2D eigenvalue weighted by Crippen LogP contribution is 2.21. The third kappa shape index (κ3) is 3.95. The summed E-state index contributed by atoms with van der Waals surface area (Å²) in [5, 5.41) is 4.52. The van der Waals surface area contributed by atoms with Crippen molar-refractivity contribution in [2.24, 2.45) is 0 Å². The van der Waals surface area contributed by atoms with Gasteiger partial charge >= 0.3 is 0 Å². The van der Waals surface area contributed by atoms with Crippen molar-refractivity contribution in [3.63, 3.8) is 0 Å². The summed E-state index contributed by atoms with van der Waals surface area (Å²) in [5.41, 5.74) is 6.64. The van der Waals surface area contributed by atoms with Crippen LogP contribution in [0, 0.1) is 0 Å². The van der Waals surface area contributed by atoms with E-state index in [4.69, 9.17) is 5.73 Å². The second-order valence-electron chi connectivity index (χ2n) is 5.25. The standard InChI is InChI=1S/C15H18N2O3S/c1-10(9-21(2,19)20)17-15(18)13-7-11-5-3-4-6-12(11)8-14(13)16/h3-8,10H,9,16H2,1-2H3,(H,17,18). The summed E-state index contributed by atoms with van der Waals surface area (Å²) in [4.78, 5) is 12.2. The van der Waals surface area contributed by atoms with Crippen molar-refractivity contribution in [2.75, 3.05) is 17.7 Å². The third-order valence-corrected chi connectivity index (χ3v) is 4.20. The van der Waals surface area contributed by atoms with E-state index in [0.29, 0.717) is 11.3 Å². The molecule has 0 heterocycles. The molecule has 0 bridgehead atoms. The van der Waals surface area contributed by atoms with Crippen molar-refractivity contribution in [3.8, 4) is 0 Å². The van der Waals surface area contributed by atoms with Gasteiger partial charge in [-0.15, -0.1) is 0 Å². The molecule has 2 aromatic carbocycles. The number of carbonyl (C=O) groups excluding carboxylic acids is 1. The van der Waals surface area contributed by atoms with E-state index in [1.165, 1.54) is 0 Å². The molecule has 1 atom stereocenters. The maximum absolute atomic E-state index is 12.2.